The summed E-state index contributed by atoms with van der Waals surface area (Å²) in [5, 5.41) is 0.639. The van der Waals surface area contributed by atoms with Crippen molar-refractivity contribution in [3.8, 4) is 5.75 Å². The summed E-state index contributed by atoms with van der Waals surface area (Å²) in [6.45, 7) is 5.02. The van der Waals surface area contributed by atoms with E-state index in [1.165, 1.54) is 0 Å². The van der Waals surface area contributed by atoms with E-state index in [1.54, 1.807) is 13.4 Å². The number of nitrogens with zero attached hydrogens (tertiary/aromatic N) is 3. The molecule has 5 heteroatoms. The Hall–Kier alpha value is -2.20. The highest BCUT2D eigenvalue weighted by molar-refractivity contribution is 6.36. The zero-order valence-corrected chi connectivity index (χ0v) is 15.6. The molecule has 2 aromatic rings. The largest absolute Gasteiger partial charge is 0.497 e. The van der Waals surface area contributed by atoms with Crippen LogP contribution < -0.4 is 9.64 Å². The van der Waals surface area contributed by atoms with Gasteiger partial charge in [-0.3, -0.25) is 0 Å². The summed E-state index contributed by atoms with van der Waals surface area (Å²) in [5.41, 5.74) is 3.84. The van der Waals surface area contributed by atoms with Gasteiger partial charge in [-0.1, -0.05) is 11.6 Å². The average molecular weight is 346 g/mol. The van der Waals surface area contributed by atoms with Gasteiger partial charge in [0, 0.05) is 26.3 Å². The third-order valence-corrected chi connectivity index (χ3v) is 4.28. The first kappa shape index (κ1) is 18.1. The van der Waals surface area contributed by atoms with Crippen LogP contribution in [0.3, 0.4) is 0 Å². The number of rotatable bonds is 6. The van der Waals surface area contributed by atoms with E-state index in [2.05, 4.69) is 22.9 Å². The van der Waals surface area contributed by atoms with Crippen molar-refractivity contribution in [2.75, 3.05) is 32.6 Å². The van der Waals surface area contributed by atoms with E-state index in [0.717, 1.165) is 34.9 Å². The molecular formula is C19H24ClN3O. The number of aliphatic imine (C=N–C) groups is 1. The molecule has 0 unspecified atom stereocenters. The molecule has 4 nitrogen and oxygen atoms in total. The lowest BCUT2D eigenvalue weighted by atomic mass is 10.1. The van der Waals surface area contributed by atoms with Crippen LogP contribution in [0, 0.1) is 6.92 Å². The molecule has 0 aromatic heterocycles. The fraction of sp³-hybridized carbons (Fsp3) is 0.316. The van der Waals surface area contributed by atoms with E-state index in [1.807, 2.05) is 56.3 Å². The fourth-order valence-corrected chi connectivity index (χ4v) is 2.54. The molecule has 0 aliphatic carbocycles. The first-order chi connectivity index (χ1) is 11.5. The van der Waals surface area contributed by atoms with Crippen LogP contribution in [0.1, 0.15) is 12.5 Å². The standard InChI is InChI=1S/C19H24ClN3O/c1-6-22(3)13-21-17-11-14(2)12-18(19(17)20)23(4)15-7-9-16(24-5)10-8-15/h7-13H,6H2,1-5H3/b21-13-. The van der Waals surface area contributed by atoms with Crippen LogP contribution in [0.15, 0.2) is 41.4 Å². The molecule has 0 heterocycles. The zero-order chi connectivity index (χ0) is 17.7. The second kappa shape index (κ2) is 8.06. The summed E-state index contributed by atoms with van der Waals surface area (Å²) in [5.74, 6) is 0.829. The van der Waals surface area contributed by atoms with Gasteiger partial charge in [0.15, 0.2) is 0 Å². The third kappa shape index (κ3) is 4.20. The number of hydrogen-bond acceptors (Lipinski definition) is 3. The van der Waals surface area contributed by atoms with Gasteiger partial charge in [0.1, 0.15) is 5.75 Å². The van der Waals surface area contributed by atoms with Gasteiger partial charge in [-0.25, -0.2) is 4.99 Å². The van der Waals surface area contributed by atoms with E-state index < -0.39 is 0 Å². The molecule has 2 aromatic carbocycles. The molecule has 128 valence electrons. The van der Waals surface area contributed by atoms with Crippen LogP contribution in [0.4, 0.5) is 17.1 Å². The molecule has 0 saturated carbocycles. The molecule has 0 saturated heterocycles. The maximum absolute atomic E-state index is 6.61. The third-order valence-electron chi connectivity index (χ3n) is 3.89. The van der Waals surface area contributed by atoms with Crippen molar-refractivity contribution in [3.63, 3.8) is 0 Å². The molecule has 0 atom stereocenters. The highest BCUT2D eigenvalue weighted by Gasteiger charge is 2.13. The predicted molar refractivity (Wildman–Crippen MR) is 104 cm³/mol. The molecule has 24 heavy (non-hydrogen) atoms. The Bertz CT molecular complexity index is 713. The lowest BCUT2D eigenvalue weighted by Crippen LogP contribution is -2.14. The minimum Gasteiger partial charge on any atom is -0.497 e. The van der Waals surface area contributed by atoms with Crippen LogP contribution in [0.25, 0.3) is 0 Å². The molecule has 0 bridgehead atoms. The van der Waals surface area contributed by atoms with Gasteiger partial charge >= 0.3 is 0 Å². The topological polar surface area (TPSA) is 28.1 Å². The highest BCUT2D eigenvalue weighted by Crippen LogP contribution is 2.38. The maximum Gasteiger partial charge on any atom is 0.119 e. The summed E-state index contributed by atoms with van der Waals surface area (Å²) in [4.78, 5) is 8.58. The minimum absolute atomic E-state index is 0.639. The van der Waals surface area contributed by atoms with Crippen LogP contribution >= 0.6 is 11.6 Å². The van der Waals surface area contributed by atoms with Crippen molar-refractivity contribution in [3.05, 3.63) is 47.0 Å². The second-order valence-electron chi connectivity index (χ2n) is 5.69. The average Bonchev–Trinajstić information content (AvgIpc) is 2.61. The maximum atomic E-state index is 6.61. The van der Waals surface area contributed by atoms with Gasteiger partial charge < -0.3 is 14.5 Å². The molecule has 2 rings (SSSR count). The van der Waals surface area contributed by atoms with Gasteiger partial charge in [-0.2, -0.15) is 0 Å². The number of benzene rings is 2. The summed E-state index contributed by atoms with van der Waals surface area (Å²) in [7, 11) is 5.64. The van der Waals surface area contributed by atoms with E-state index in [4.69, 9.17) is 16.3 Å². The molecular weight excluding hydrogens is 322 g/mol. The number of ether oxygens (including phenoxy) is 1. The van der Waals surface area contributed by atoms with Gasteiger partial charge in [0.25, 0.3) is 0 Å². The summed E-state index contributed by atoms with van der Waals surface area (Å²) in [6, 6.07) is 11.9. The number of aryl methyl sites for hydroxylation is 1. The summed E-state index contributed by atoms with van der Waals surface area (Å²) in [6.07, 6.45) is 1.80. The molecule has 0 aliphatic heterocycles. The van der Waals surface area contributed by atoms with Crippen molar-refractivity contribution in [1.29, 1.82) is 0 Å². The van der Waals surface area contributed by atoms with Crippen LogP contribution in [0.5, 0.6) is 5.75 Å². The lowest BCUT2D eigenvalue weighted by molar-refractivity contribution is 0.415. The van der Waals surface area contributed by atoms with Gasteiger partial charge in [-0.15, -0.1) is 0 Å². The van der Waals surface area contributed by atoms with E-state index >= 15 is 0 Å². The van der Waals surface area contributed by atoms with Crippen molar-refractivity contribution in [2.24, 2.45) is 4.99 Å². The smallest absolute Gasteiger partial charge is 0.119 e. The van der Waals surface area contributed by atoms with Crippen molar-refractivity contribution in [1.82, 2.24) is 4.90 Å². The molecule has 0 radical (unpaired) electrons. The Morgan fingerprint density at radius 3 is 2.42 bits per heavy atom. The molecule has 0 amide bonds. The Balaban J connectivity index is 2.38. The molecule has 0 N–H and O–H groups in total. The van der Waals surface area contributed by atoms with E-state index in [0.29, 0.717) is 5.02 Å². The number of halogens is 1. The SMILES string of the molecule is CCN(C)/C=N\c1cc(C)cc(N(C)c2ccc(OC)cc2)c1Cl. The highest BCUT2D eigenvalue weighted by atomic mass is 35.5. The van der Waals surface area contributed by atoms with Crippen LogP contribution in [-0.2, 0) is 0 Å². The summed E-state index contributed by atoms with van der Waals surface area (Å²) >= 11 is 6.61. The Morgan fingerprint density at radius 2 is 1.83 bits per heavy atom. The number of hydrogen-bond donors (Lipinski definition) is 0. The minimum atomic E-state index is 0.639. The van der Waals surface area contributed by atoms with E-state index in [9.17, 15) is 0 Å². The Kier molecular flexibility index (Phi) is 6.10. The number of anilines is 2. The Morgan fingerprint density at radius 1 is 1.17 bits per heavy atom. The monoisotopic (exact) mass is 345 g/mol. The molecule has 0 spiro atoms. The predicted octanol–water partition coefficient (Wildman–Crippen LogP) is 5.04. The van der Waals surface area contributed by atoms with E-state index in [-0.39, 0.29) is 0 Å². The van der Waals surface area contributed by atoms with Gasteiger partial charge in [-0.05, 0) is 55.8 Å². The van der Waals surface area contributed by atoms with Gasteiger partial charge in [0.2, 0.25) is 0 Å². The number of methoxy groups -OCH3 is 1. The van der Waals surface area contributed by atoms with Gasteiger partial charge in [0.05, 0.1) is 29.8 Å². The van der Waals surface area contributed by atoms with Crippen molar-refractivity contribution >= 4 is 35.0 Å². The first-order valence-corrected chi connectivity index (χ1v) is 8.26. The normalized spacial score (nSPS) is 10.9. The Labute approximate surface area is 149 Å². The molecule has 0 aliphatic rings. The van der Waals surface area contributed by atoms with Crippen LogP contribution in [-0.4, -0.2) is 39.0 Å². The van der Waals surface area contributed by atoms with Crippen molar-refractivity contribution < 1.29 is 4.74 Å². The fourth-order valence-electron chi connectivity index (χ4n) is 2.26. The van der Waals surface area contributed by atoms with Crippen molar-refractivity contribution in [2.45, 2.75) is 13.8 Å². The quantitative estimate of drug-likeness (QED) is 0.542. The zero-order valence-electron chi connectivity index (χ0n) is 14.9. The molecule has 0 fully saturated rings. The first-order valence-electron chi connectivity index (χ1n) is 7.88. The lowest BCUT2D eigenvalue weighted by Gasteiger charge is -2.22. The van der Waals surface area contributed by atoms with Crippen LogP contribution in [0.2, 0.25) is 5.02 Å². The second-order valence-corrected chi connectivity index (χ2v) is 6.07. The summed E-state index contributed by atoms with van der Waals surface area (Å²) < 4.78 is 5.21.